The minimum atomic E-state index is -3.54. The SMILES string of the molecule is C=C[C@H]1C[C@@H](C)C(=O)O[C@H](CC)[C@@](C)(O)[C@H](O)[C@@H](C)N(C)C(C2CS(=O)(=O)CCN2Cc2cn(-c3ccc([C@@H](OC)[C@@H](CF)n4cc(CCN(C)[C@H]5C[C@@H](C)O[C@@H](O)C5)nn4)cc3)nn2)[C@H](C)C[C@@](C)(O)C1. The molecule has 3 aromatic rings. The third kappa shape index (κ3) is 13.9. The Labute approximate surface area is 425 Å². The largest absolute Gasteiger partial charge is 0.459 e. The molecule has 15 atom stereocenters. The summed E-state index contributed by atoms with van der Waals surface area (Å²) in [4.78, 5) is 19.6. The van der Waals surface area contributed by atoms with E-state index >= 15 is 0 Å². The molecular formula is C51H82FN9O10S. The zero-order valence-corrected chi connectivity index (χ0v) is 44.8. The highest BCUT2D eigenvalue weighted by atomic mass is 32.2. The molecule has 6 rings (SSSR count). The first-order valence-electron chi connectivity index (χ1n) is 25.6. The second-order valence-corrected chi connectivity index (χ2v) is 23.9. The number of carbonyl (C=O) groups is 1. The molecule has 3 fully saturated rings. The number of ether oxygens (including phenoxy) is 3. The number of rotatable bonds is 15. The predicted molar refractivity (Wildman–Crippen MR) is 269 cm³/mol. The number of hydrogen-bond acceptors (Lipinski definition) is 17. The summed E-state index contributed by atoms with van der Waals surface area (Å²) < 4.78 is 62.5. The lowest BCUT2D eigenvalue weighted by molar-refractivity contribution is -0.191. The summed E-state index contributed by atoms with van der Waals surface area (Å²) in [5.41, 5.74) is -0.447. The fourth-order valence-corrected chi connectivity index (χ4v) is 13.2. The molecule has 0 aliphatic carbocycles. The number of carbonyl (C=O) groups excluding carboxylic acids is 1. The van der Waals surface area contributed by atoms with Crippen LogP contribution >= 0.6 is 0 Å². The molecule has 3 aliphatic rings. The van der Waals surface area contributed by atoms with Crippen LogP contribution in [0.1, 0.15) is 116 Å². The number of aliphatic hydroxyl groups is 4. The second kappa shape index (κ2) is 24.3. The highest BCUT2D eigenvalue weighted by Crippen LogP contribution is 2.37. The first kappa shape index (κ1) is 57.5. The topological polar surface area (TPSA) is 231 Å². The van der Waals surface area contributed by atoms with E-state index in [1.54, 1.807) is 57.9 Å². The summed E-state index contributed by atoms with van der Waals surface area (Å²) in [5, 5.41) is 63.7. The molecule has 0 radical (unpaired) electrons. The molecule has 2 unspecified atom stereocenters. The van der Waals surface area contributed by atoms with Crippen LogP contribution in [0, 0.1) is 17.8 Å². The molecule has 21 heteroatoms. The summed E-state index contributed by atoms with van der Waals surface area (Å²) >= 11 is 0. The summed E-state index contributed by atoms with van der Waals surface area (Å²) in [5.74, 6) is -1.95. The Morgan fingerprint density at radius 3 is 2.36 bits per heavy atom. The molecular weight excluding hydrogens is 950 g/mol. The molecule has 0 bridgehead atoms. The number of sulfone groups is 1. The summed E-state index contributed by atoms with van der Waals surface area (Å²) in [6.45, 7) is 16.8. The van der Waals surface area contributed by atoms with E-state index in [1.165, 1.54) is 18.7 Å². The lowest BCUT2D eigenvalue weighted by atomic mass is 9.78. The fourth-order valence-electron chi connectivity index (χ4n) is 11.6. The number of hydrogen-bond donors (Lipinski definition) is 4. The van der Waals surface area contributed by atoms with Crippen LogP contribution in [0.25, 0.3) is 5.69 Å². The standard InChI is InChI=1S/C51H82FN9O10S/c1-12-36-22-32(3)49(64)71-44(13-2)51(8,66)48(63)35(6)58(10)46(33(4)25-50(7,65)26-36)43-31-72(67,68)21-20-59(43)28-39-30-60(55-54-39)40-16-14-37(15-17-40)47(69-11)42(27-52)61-29-38(53-56-61)18-19-57(9)41-23-34(5)70-45(62)24-41/h12,14-17,29-30,32-36,41-48,62-63,65-66H,1,13,18-28,31H2,2-11H3/t32-,33-,34-,35-,36+,41+,42-,43?,44-,45-,46?,47-,48-,50-,51-/m1/s1. The Bertz CT molecular complexity index is 2320. The average Bonchev–Trinajstić information content (AvgIpc) is 4.00. The van der Waals surface area contributed by atoms with Crippen molar-refractivity contribution in [2.45, 2.75) is 172 Å². The van der Waals surface area contributed by atoms with E-state index in [0.717, 1.165) is 6.42 Å². The quantitative estimate of drug-likeness (QED) is 0.125. The van der Waals surface area contributed by atoms with Crippen LogP contribution in [0.3, 0.4) is 0 Å². The van der Waals surface area contributed by atoms with E-state index < -0.39 is 88.4 Å². The Morgan fingerprint density at radius 2 is 1.72 bits per heavy atom. The highest BCUT2D eigenvalue weighted by molar-refractivity contribution is 7.91. The third-order valence-electron chi connectivity index (χ3n) is 15.7. The number of cyclic esters (lactones) is 1. The highest BCUT2D eigenvalue weighted by Gasteiger charge is 2.49. The maximum Gasteiger partial charge on any atom is 0.309 e. The maximum absolute atomic E-state index is 14.9. The van der Waals surface area contributed by atoms with Gasteiger partial charge >= 0.3 is 5.97 Å². The molecule has 1 aromatic carbocycles. The van der Waals surface area contributed by atoms with Gasteiger partial charge < -0.3 is 39.5 Å². The van der Waals surface area contributed by atoms with Crippen LogP contribution in [0.4, 0.5) is 4.39 Å². The summed E-state index contributed by atoms with van der Waals surface area (Å²) in [6, 6.07) is 4.76. The molecule has 4 N–H and O–H groups in total. The first-order chi connectivity index (χ1) is 33.9. The van der Waals surface area contributed by atoms with Gasteiger partial charge in [-0.3, -0.25) is 14.6 Å². The number of likely N-dealkylation sites (N-methyl/N-ethyl adjacent to an activating group) is 2. The minimum absolute atomic E-state index is 0.0358. The zero-order chi connectivity index (χ0) is 52.9. The number of allylic oxidation sites excluding steroid dienone is 1. The minimum Gasteiger partial charge on any atom is -0.459 e. The van der Waals surface area contributed by atoms with Crippen LogP contribution < -0.4 is 0 Å². The summed E-state index contributed by atoms with van der Waals surface area (Å²) in [6.07, 6.45) is 4.37. The van der Waals surface area contributed by atoms with Crippen LogP contribution in [0.5, 0.6) is 0 Å². The van der Waals surface area contributed by atoms with Crippen molar-refractivity contribution in [2.75, 3.05) is 52.5 Å². The lowest BCUT2D eigenvalue weighted by Crippen LogP contribution is -2.65. The Kier molecular flexibility index (Phi) is 19.4. The van der Waals surface area contributed by atoms with E-state index in [1.807, 2.05) is 50.1 Å². The Hall–Kier alpha value is -3.77. The maximum atomic E-state index is 14.9. The van der Waals surface area contributed by atoms with E-state index in [-0.39, 0.29) is 61.4 Å². The van der Waals surface area contributed by atoms with Crippen LogP contribution in [-0.4, -0.2) is 192 Å². The van der Waals surface area contributed by atoms with E-state index in [4.69, 9.17) is 14.2 Å². The second-order valence-electron chi connectivity index (χ2n) is 21.6. The predicted octanol–water partition coefficient (Wildman–Crippen LogP) is 3.85. The van der Waals surface area contributed by atoms with Gasteiger partial charge in [0, 0.05) is 69.9 Å². The van der Waals surface area contributed by atoms with Crippen LogP contribution in [0.2, 0.25) is 0 Å². The fraction of sp³-hybridized carbons (Fsp3) is 0.745. The van der Waals surface area contributed by atoms with Gasteiger partial charge in [0.1, 0.15) is 36.6 Å². The Morgan fingerprint density at radius 1 is 1.03 bits per heavy atom. The van der Waals surface area contributed by atoms with Gasteiger partial charge in [-0.1, -0.05) is 49.4 Å². The van der Waals surface area contributed by atoms with Gasteiger partial charge in [0.2, 0.25) is 0 Å². The monoisotopic (exact) mass is 1030 g/mol. The normalized spacial score (nSPS) is 34.7. The number of halogens is 1. The van der Waals surface area contributed by atoms with Crippen LogP contribution in [0.15, 0.2) is 49.3 Å². The Balaban J connectivity index is 1.21. The smallest absolute Gasteiger partial charge is 0.309 e. The van der Waals surface area contributed by atoms with Crippen LogP contribution in [-0.2, 0) is 41.8 Å². The van der Waals surface area contributed by atoms with Crippen molar-refractivity contribution in [3.63, 3.8) is 0 Å². The number of nitrogens with zero attached hydrogens (tertiary/aromatic N) is 9. The number of aliphatic hydroxyl groups excluding tert-OH is 2. The number of alkyl halides is 1. The van der Waals surface area contributed by atoms with Crippen molar-refractivity contribution in [3.05, 3.63) is 66.3 Å². The number of methoxy groups -OCH3 is 1. The molecule has 3 saturated heterocycles. The first-order valence-corrected chi connectivity index (χ1v) is 27.4. The van der Waals surface area contributed by atoms with E-state index in [0.29, 0.717) is 54.9 Å². The van der Waals surface area contributed by atoms with Crippen molar-refractivity contribution in [1.82, 2.24) is 44.7 Å². The molecule has 404 valence electrons. The van der Waals surface area contributed by atoms with Gasteiger partial charge in [-0.25, -0.2) is 22.2 Å². The number of aromatic nitrogens is 6. The molecule has 0 amide bonds. The van der Waals surface area contributed by atoms with Crippen molar-refractivity contribution in [2.24, 2.45) is 17.8 Å². The zero-order valence-electron chi connectivity index (χ0n) is 44.0. The molecule has 3 aliphatic heterocycles. The molecule has 0 spiro atoms. The molecule has 0 saturated carbocycles. The van der Waals surface area contributed by atoms with Gasteiger partial charge in [-0.15, -0.1) is 16.8 Å². The third-order valence-corrected chi connectivity index (χ3v) is 17.4. The van der Waals surface area contributed by atoms with Crippen molar-refractivity contribution >= 4 is 15.8 Å². The van der Waals surface area contributed by atoms with Gasteiger partial charge in [0.05, 0.1) is 52.4 Å². The van der Waals surface area contributed by atoms with E-state index in [9.17, 15) is 38.0 Å². The van der Waals surface area contributed by atoms with Crippen molar-refractivity contribution in [3.8, 4) is 5.69 Å². The summed E-state index contributed by atoms with van der Waals surface area (Å²) in [7, 11) is 1.80. The molecule has 5 heterocycles. The molecule has 72 heavy (non-hydrogen) atoms. The van der Waals surface area contributed by atoms with Gasteiger partial charge in [-0.2, -0.15) is 0 Å². The van der Waals surface area contributed by atoms with Gasteiger partial charge in [0.25, 0.3) is 0 Å². The lowest BCUT2D eigenvalue weighted by Gasteiger charge is -2.50. The number of esters is 1. The average molecular weight is 1030 g/mol. The van der Waals surface area contributed by atoms with Gasteiger partial charge in [-0.05, 0) is 103 Å². The molecule has 19 nitrogen and oxygen atoms in total. The number of benzene rings is 1. The molecule has 2 aromatic heterocycles. The van der Waals surface area contributed by atoms with E-state index in [2.05, 4.69) is 37.0 Å². The van der Waals surface area contributed by atoms with Crippen molar-refractivity contribution < 1.29 is 52.2 Å². The van der Waals surface area contributed by atoms with Gasteiger partial charge in [0.15, 0.2) is 16.1 Å². The van der Waals surface area contributed by atoms with Crippen molar-refractivity contribution in [1.29, 1.82) is 0 Å².